The molecule has 0 fully saturated rings. The van der Waals surface area contributed by atoms with Crippen LogP contribution in [-0.2, 0) is 4.79 Å². The summed E-state index contributed by atoms with van der Waals surface area (Å²) in [6, 6.07) is 13.6. The average Bonchev–Trinajstić information content (AvgIpc) is 2.98. The molecule has 25 heavy (non-hydrogen) atoms. The van der Waals surface area contributed by atoms with Gasteiger partial charge in [-0.3, -0.25) is 9.36 Å². The second kappa shape index (κ2) is 7.52. The molecule has 0 aliphatic rings. The largest absolute Gasteiger partial charge is 0.497 e. The molecular weight excluding hydrogens is 348 g/mol. The van der Waals surface area contributed by atoms with E-state index in [4.69, 9.17) is 4.74 Å². The molecule has 1 aromatic heterocycles. The van der Waals surface area contributed by atoms with Crippen LogP contribution in [0.15, 0.2) is 53.7 Å². The highest BCUT2D eigenvalue weighted by molar-refractivity contribution is 7.99. The molecule has 0 saturated carbocycles. The number of imidazole rings is 1. The number of amides is 1. The third kappa shape index (κ3) is 3.90. The highest BCUT2D eigenvalue weighted by atomic mass is 32.2. The van der Waals surface area contributed by atoms with Crippen LogP contribution in [-0.4, -0.2) is 28.3 Å². The van der Waals surface area contributed by atoms with Gasteiger partial charge in [-0.2, -0.15) is 8.78 Å². The number of fused-ring (bicyclic) bond motifs is 1. The van der Waals surface area contributed by atoms with Gasteiger partial charge in [0.05, 0.1) is 23.9 Å². The van der Waals surface area contributed by atoms with Gasteiger partial charge in [-0.05, 0) is 24.3 Å². The van der Waals surface area contributed by atoms with Crippen molar-refractivity contribution in [2.75, 3.05) is 18.2 Å². The van der Waals surface area contributed by atoms with Crippen molar-refractivity contribution < 1.29 is 18.3 Å². The van der Waals surface area contributed by atoms with Crippen LogP contribution in [0.5, 0.6) is 5.75 Å². The van der Waals surface area contributed by atoms with Gasteiger partial charge in [0.1, 0.15) is 5.75 Å². The fraction of sp³-hybridized carbons (Fsp3) is 0.176. The highest BCUT2D eigenvalue weighted by Crippen LogP contribution is 2.29. The Bertz CT molecular complexity index is 898. The zero-order chi connectivity index (χ0) is 17.8. The molecule has 0 spiro atoms. The molecule has 0 aliphatic heterocycles. The van der Waals surface area contributed by atoms with E-state index in [0.717, 1.165) is 16.3 Å². The van der Waals surface area contributed by atoms with Crippen LogP contribution in [0, 0.1) is 0 Å². The maximum absolute atomic E-state index is 13.3. The van der Waals surface area contributed by atoms with Crippen molar-refractivity contribution >= 4 is 34.4 Å². The van der Waals surface area contributed by atoms with Crippen molar-refractivity contribution in [2.45, 2.75) is 11.7 Å². The van der Waals surface area contributed by atoms with E-state index in [1.807, 2.05) is 0 Å². The Kier molecular flexibility index (Phi) is 5.18. The predicted octanol–water partition coefficient (Wildman–Crippen LogP) is 4.17. The van der Waals surface area contributed by atoms with Crippen LogP contribution < -0.4 is 10.1 Å². The Balaban J connectivity index is 1.71. The predicted molar refractivity (Wildman–Crippen MR) is 93.3 cm³/mol. The molecule has 3 rings (SSSR count). The second-order valence-electron chi connectivity index (χ2n) is 5.10. The molecule has 3 aromatic rings. The van der Waals surface area contributed by atoms with Gasteiger partial charge < -0.3 is 10.1 Å². The van der Waals surface area contributed by atoms with Gasteiger partial charge in [-0.15, -0.1) is 0 Å². The number of halogens is 2. The number of methoxy groups -OCH3 is 1. The number of ether oxygens (including phenoxy) is 1. The van der Waals surface area contributed by atoms with Crippen molar-refractivity contribution in [1.29, 1.82) is 0 Å². The summed E-state index contributed by atoms with van der Waals surface area (Å²) in [6.07, 6.45) is 0. The number of benzene rings is 2. The highest BCUT2D eigenvalue weighted by Gasteiger charge is 2.18. The summed E-state index contributed by atoms with van der Waals surface area (Å²) >= 11 is 0.967. The van der Waals surface area contributed by atoms with Gasteiger partial charge in [0.15, 0.2) is 5.16 Å². The molecule has 0 saturated heterocycles. The van der Waals surface area contributed by atoms with Gasteiger partial charge in [-0.25, -0.2) is 4.98 Å². The van der Waals surface area contributed by atoms with Crippen LogP contribution in [0.2, 0.25) is 0 Å². The molecule has 1 N–H and O–H groups in total. The lowest BCUT2D eigenvalue weighted by Crippen LogP contribution is -2.14. The number of nitrogens with one attached hydrogen (secondary N) is 1. The number of para-hydroxylation sites is 2. The molecule has 0 bridgehead atoms. The van der Waals surface area contributed by atoms with E-state index in [0.29, 0.717) is 22.5 Å². The Morgan fingerprint density at radius 2 is 2.08 bits per heavy atom. The first-order valence-electron chi connectivity index (χ1n) is 7.40. The number of carbonyl (C=O) groups excluding carboxylic acids is 1. The van der Waals surface area contributed by atoms with Crippen LogP contribution in [0.3, 0.4) is 0 Å². The van der Waals surface area contributed by atoms with E-state index in [2.05, 4.69) is 10.3 Å². The minimum absolute atomic E-state index is 0.0345. The van der Waals surface area contributed by atoms with E-state index in [-0.39, 0.29) is 16.8 Å². The summed E-state index contributed by atoms with van der Waals surface area (Å²) in [4.78, 5) is 16.3. The number of hydrogen-bond donors (Lipinski definition) is 1. The maximum Gasteiger partial charge on any atom is 0.321 e. The Morgan fingerprint density at radius 3 is 2.84 bits per heavy atom. The molecule has 5 nitrogen and oxygen atoms in total. The van der Waals surface area contributed by atoms with Crippen LogP contribution in [0.25, 0.3) is 11.0 Å². The smallest absolute Gasteiger partial charge is 0.321 e. The van der Waals surface area contributed by atoms with Crippen molar-refractivity contribution in [3.05, 3.63) is 48.5 Å². The summed E-state index contributed by atoms with van der Waals surface area (Å²) in [6.45, 7) is -2.73. The summed E-state index contributed by atoms with van der Waals surface area (Å²) in [7, 11) is 1.53. The molecule has 2 aromatic carbocycles. The first-order valence-corrected chi connectivity index (χ1v) is 8.39. The fourth-order valence-electron chi connectivity index (χ4n) is 2.34. The van der Waals surface area contributed by atoms with Gasteiger partial charge in [0.2, 0.25) is 5.91 Å². The van der Waals surface area contributed by atoms with E-state index in [1.54, 1.807) is 48.5 Å². The third-order valence-corrected chi connectivity index (χ3v) is 4.40. The second-order valence-corrected chi connectivity index (χ2v) is 6.04. The van der Waals surface area contributed by atoms with Gasteiger partial charge in [-0.1, -0.05) is 30.0 Å². The number of thioether (sulfide) groups is 1. The minimum Gasteiger partial charge on any atom is -0.497 e. The fourth-order valence-corrected chi connectivity index (χ4v) is 3.15. The SMILES string of the molecule is COc1cccc(NC(=O)CSc2nc3ccccc3n2C(F)F)c1. The standard InChI is InChI=1S/C17H15F2N3O2S/c1-24-12-6-4-5-11(9-12)20-15(23)10-25-17-21-13-7-2-3-8-14(13)22(17)16(18)19/h2-9,16H,10H2,1H3,(H,20,23). The molecule has 0 radical (unpaired) electrons. The zero-order valence-corrected chi connectivity index (χ0v) is 14.1. The van der Waals surface area contributed by atoms with E-state index < -0.39 is 6.55 Å². The van der Waals surface area contributed by atoms with Crippen molar-refractivity contribution in [3.63, 3.8) is 0 Å². The Hall–Kier alpha value is -2.61. The number of carbonyl (C=O) groups is 1. The zero-order valence-electron chi connectivity index (χ0n) is 13.3. The maximum atomic E-state index is 13.3. The first-order chi connectivity index (χ1) is 12.1. The number of aromatic nitrogens is 2. The lowest BCUT2D eigenvalue weighted by atomic mass is 10.3. The van der Waals surface area contributed by atoms with E-state index in [1.165, 1.54) is 7.11 Å². The van der Waals surface area contributed by atoms with E-state index in [9.17, 15) is 13.6 Å². The number of rotatable bonds is 6. The third-order valence-electron chi connectivity index (χ3n) is 3.44. The van der Waals surface area contributed by atoms with Gasteiger partial charge in [0, 0.05) is 11.8 Å². The van der Waals surface area contributed by atoms with Gasteiger partial charge in [0.25, 0.3) is 0 Å². The average molecular weight is 363 g/mol. The van der Waals surface area contributed by atoms with Crippen molar-refractivity contribution in [2.24, 2.45) is 0 Å². The van der Waals surface area contributed by atoms with Crippen molar-refractivity contribution in [1.82, 2.24) is 9.55 Å². The molecule has 1 heterocycles. The topological polar surface area (TPSA) is 56.1 Å². The minimum atomic E-state index is -2.73. The van der Waals surface area contributed by atoms with E-state index >= 15 is 0 Å². The lowest BCUT2D eigenvalue weighted by molar-refractivity contribution is -0.113. The van der Waals surface area contributed by atoms with Crippen LogP contribution >= 0.6 is 11.8 Å². The number of nitrogens with zero attached hydrogens (tertiary/aromatic N) is 2. The normalized spacial score (nSPS) is 11.0. The number of alkyl halides is 2. The summed E-state index contributed by atoms with van der Waals surface area (Å²) in [5.74, 6) is 0.267. The van der Waals surface area contributed by atoms with Crippen LogP contribution in [0.1, 0.15) is 6.55 Å². The molecule has 0 unspecified atom stereocenters. The summed E-state index contributed by atoms with van der Waals surface area (Å²) < 4.78 is 32.6. The monoisotopic (exact) mass is 363 g/mol. The Labute approximate surface area is 147 Å². The molecule has 130 valence electrons. The number of hydrogen-bond acceptors (Lipinski definition) is 4. The van der Waals surface area contributed by atoms with Crippen molar-refractivity contribution in [3.8, 4) is 5.75 Å². The molecule has 0 atom stereocenters. The Morgan fingerprint density at radius 1 is 1.28 bits per heavy atom. The molecule has 0 aliphatic carbocycles. The summed E-state index contributed by atoms with van der Waals surface area (Å²) in [5.41, 5.74) is 1.39. The molecule has 1 amide bonds. The lowest BCUT2D eigenvalue weighted by Gasteiger charge is -2.08. The van der Waals surface area contributed by atoms with Crippen LogP contribution in [0.4, 0.5) is 14.5 Å². The van der Waals surface area contributed by atoms with Gasteiger partial charge >= 0.3 is 6.55 Å². The number of anilines is 1. The molecule has 8 heteroatoms. The summed E-state index contributed by atoms with van der Waals surface area (Å²) in [5, 5.41) is 2.81. The first kappa shape index (κ1) is 17.2. The quantitative estimate of drug-likeness (QED) is 0.668. The molecular formula is C17H15F2N3O2S.